The zero-order valence-corrected chi connectivity index (χ0v) is 14.1. The number of hydrogen-bond donors (Lipinski definition) is 4. The molecule has 3 aromatic rings. The van der Waals surface area contributed by atoms with Gasteiger partial charge in [0, 0.05) is 13.1 Å². The fraction of sp³-hybridized carbons (Fsp3) is 0.176. The summed E-state index contributed by atoms with van der Waals surface area (Å²) >= 11 is 0. The van der Waals surface area contributed by atoms with Crippen molar-refractivity contribution in [2.75, 3.05) is 10.6 Å². The molecular formula is C17H17FN6O2. The van der Waals surface area contributed by atoms with E-state index in [1.165, 1.54) is 13.1 Å². The molecule has 1 unspecified atom stereocenters. The van der Waals surface area contributed by atoms with Gasteiger partial charge < -0.3 is 10.6 Å². The van der Waals surface area contributed by atoms with Gasteiger partial charge in [0.2, 0.25) is 5.91 Å². The molecule has 0 fully saturated rings. The second kappa shape index (κ2) is 7.18. The predicted octanol–water partition coefficient (Wildman–Crippen LogP) is 2.94. The number of fused-ring (bicyclic) bond motifs is 1. The van der Waals surface area contributed by atoms with Crippen molar-refractivity contribution in [1.82, 2.24) is 20.5 Å². The van der Waals surface area contributed by atoms with Gasteiger partial charge >= 0.3 is 6.03 Å². The summed E-state index contributed by atoms with van der Waals surface area (Å²) < 4.78 is 14.6. The van der Waals surface area contributed by atoms with Crippen LogP contribution < -0.4 is 16.0 Å². The fourth-order valence-corrected chi connectivity index (χ4v) is 2.46. The highest BCUT2D eigenvalue weighted by atomic mass is 19.1. The largest absolute Gasteiger partial charge is 0.331 e. The fourth-order valence-electron chi connectivity index (χ4n) is 2.46. The first-order chi connectivity index (χ1) is 12.5. The maximum atomic E-state index is 14.6. The summed E-state index contributed by atoms with van der Waals surface area (Å²) in [5.74, 6) is -1.18. The summed E-state index contributed by atoms with van der Waals surface area (Å²) in [5, 5.41) is 14.2. The number of nitrogens with zero attached hydrogens (tertiary/aromatic N) is 2. The lowest BCUT2D eigenvalue weighted by molar-refractivity contribution is -0.114. The zero-order chi connectivity index (χ0) is 18.7. The number of aromatic amines is 1. The van der Waals surface area contributed by atoms with E-state index in [-0.39, 0.29) is 29.1 Å². The molecule has 1 aromatic carbocycles. The van der Waals surface area contributed by atoms with Crippen molar-refractivity contribution in [3.05, 3.63) is 47.9 Å². The lowest BCUT2D eigenvalue weighted by atomic mass is 10.1. The van der Waals surface area contributed by atoms with Gasteiger partial charge in [-0.05, 0) is 12.5 Å². The Hall–Kier alpha value is -3.49. The number of H-pyrrole nitrogens is 1. The number of amides is 3. The van der Waals surface area contributed by atoms with Gasteiger partial charge in [0.25, 0.3) is 0 Å². The Morgan fingerprint density at radius 1 is 1.15 bits per heavy atom. The molecule has 0 spiro atoms. The minimum Gasteiger partial charge on any atom is -0.331 e. The SMILES string of the molecule is CC(=O)Nc1n[nH]c2c(F)c(NC(=O)NC(C)c3ccccc3)ncc12. The van der Waals surface area contributed by atoms with Crippen LogP contribution in [-0.2, 0) is 4.79 Å². The second-order valence-corrected chi connectivity index (χ2v) is 5.69. The molecule has 2 aromatic heterocycles. The molecule has 0 radical (unpaired) electrons. The molecule has 1 atom stereocenters. The minimum atomic E-state index is -0.769. The molecule has 3 amide bonds. The molecule has 0 aliphatic heterocycles. The molecule has 0 aliphatic carbocycles. The van der Waals surface area contributed by atoms with Crippen LogP contribution in [0.2, 0.25) is 0 Å². The monoisotopic (exact) mass is 356 g/mol. The highest BCUT2D eigenvalue weighted by Crippen LogP contribution is 2.25. The van der Waals surface area contributed by atoms with Crippen LogP contribution in [0.15, 0.2) is 36.5 Å². The van der Waals surface area contributed by atoms with Crippen molar-refractivity contribution >= 4 is 34.5 Å². The van der Waals surface area contributed by atoms with E-state index in [1.54, 1.807) is 0 Å². The van der Waals surface area contributed by atoms with E-state index in [9.17, 15) is 14.0 Å². The first kappa shape index (κ1) is 17.3. The van der Waals surface area contributed by atoms with Crippen LogP contribution >= 0.6 is 0 Å². The number of aromatic nitrogens is 3. The Morgan fingerprint density at radius 3 is 2.58 bits per heavy atom. The van der Waals surface area contributed by atoms with E-state index < -0.39 is 11.8 Å². The van der Waals surface area contributed by atoms with E-state index in [0.29, 0.717) is 5.39 Å². The number of nitrogens with one attached hydrogen (secondary N) is 4. The summed E-state index contributed by atoms with van der Waals surface area (Å²) in [5.41, 5.74) is 0.954. The van der Waals surface area contributed by atoms with E-state index in [0.717, 1.165) is 5.56 Å². The predicted molar refractivity (Wildman–Crippen MR) is 95.2 cm³/mol. The van der Waals surface area contributed by atoms with Gasteiger partial charge in [-0.2, -0.15) is 5.10 Å². The molecule has 0 bridgehead atoms. The van der Waals surface area contributed by atoms with E-state index >= 15 is 0 Å². The first-order valence-electron chi connectivity index (χ1n) is 7.88. The average molecular weight is 356 g/mol. The van der Waals surface area contributed by atoms with Crippen LogP contribution in [0.1, 0.15) is 25.5 Å². The van der Waals surface area contributed by atoms with Crippen molar-refractivity contribution in [1.29, 1.82) is 0 Å². The molecule has 26 heavy (non-hydrogen) atoms. The van der Waals surface area contributed by atoms with Crippen LogP contribution in [0.5, 0.6) is 0 Å². The van der Waals surface area contributed by atoms with Crippen LogP contribution in [0, 0.1) is 5.82 Å². The molecule has 9 heteroatoms. The Kier molecular flexibility index (Phi) is 4.78. The van der Waals surface area contributed by atoms with Crippen LogP contribution in [-0.4, -0.2) is 27.1 Å². The number of anilines is 2. The maximum absolute atomic E-state index is 14.6. The number of urea groups is 1. The van der Waals surface area contributed by atoms with Crippen molar-refractivity contribution in [3.8, 4) is 0 Å². The van der Waals surface area contributed by atoms with Crippen molar-refractivity contribution in [2.45, 2.75) is 19.9 Å². The van der Waals surface area contributed by atoms with Crippen LogP contribution in [0.4, 0.5) is 20.8 Å². The lowest BCUT2D eigenvalue weighted by Gasteiger charge is -2.15. The summed E-state index contributed by atoms with van der Waals surface area (Å²) in [6.45, 7) is 3.13. The Bertz CT molecular complexity index is 957. The molecule has 8 nitrogen and oxygen atoms in total. The number of pyridine rings is 1. The highest BCUT2D eigenvalue weighted by molar-refractivity contribution is 6.00. The number of carbonyl (C=O) groups is 2. The Balaban J connectivity index is 1.75. The standard InChI is InChI=1S/C17H17FN6O2/c1-9(11-6-4-3-5-7-11)20-17(26)22-16-13(18)14-12(8-19-16)15(24-23-14)21-10(2)25/h3-9H,1-2H3,(H2,19,20,22,26)(H2,21,23,24,25). The van der Waals surface area contributed by atoms with Crippen LogP contribution in [0.25, 0.3) is 10.9 Å². The molecule has 3 rings (SSSR count). The Labute approximate surface area is 148 Å². The van der Waals surface area contributed by atoms with Crippen molar-refractivity contribution in [2.24, 2.45) is 0 Å². The summed E-state index contributed by atoms with van der Waals surface area (Å²) in [6.07, 6.45) is 1.32. The van der Waals surface area contributed by atoms with Gasteiger partial charge in [-0.1, -0.05) is 30.3 Å². The molecule has 2 heterocycles. The number of halogens is 1. The molecule has 4 N–H and O–H groups in total. The average Bonchev–Trinajstić information content (AvgIpc) is 3.01. The smallest absolute Gasteiger partial charge is 0.320 e. The molecular weight excluding hydrogens is 339 g/mol. The maximum Gasteiger partial charge on any atom is 0.320 e. The van der Waals surface area contributed by atoms with Gasteiger partial charge in [-0.25, -0.2) is 14.2 Å². The molecule has 0 saturated carbocycles. The third kappa shape index (κ3) is 3.61. The summed E-state index contributed by atoms with van der Waals surface area (Å²) in [4.78, 5) is 27.2. The van der Waals surface area contributed by atoms with Gasteiger partial charge in [-0.3, -0.25) is 15.2 Å². The van der Waals surface area contributed by atoms with E-state index in [2.05, 4.69) is 31.1 Å². The van der Waals surface area contributed by atoms with Crippen LogP contribution in [0.3, 0.4) is 0 Å². The summed E-state index contributed by atoms with van der Waals surface area (Å²) in [6, 6.07) is 8.52. The summed E-state index contributed by atoms with van der Waals surface area (Å²) in [7, 11) is 0. The lowest BCUT2D eigenvalue weighted by Crippen LogP contribution is -2.31. The van der Waals surface area contributed by atoms with Gasteiger partial charge in [-0.15, -0.1) is 0 Å². The first-order valence-corrected chi connectivity index (χ1v) is 7.88. The quantitative estimate of drug-likeness (QED) is 0.576. The third-order valence-corrected chi connectivity index (χ3v) is 3.73. The van der Waals surface area contributed by atoms with Gasteiger partial charge in [0.1, 0.15) is 5.52 Å². The van der Waals surface area contributed by atoms with Gasteiger partial charge in [0.05, 0.1) is 11.4 Å². The van der Waals surface area contributed by atoms with E-state index in [4.69, 9.17) is 0 Å². The molecule has 134 valence electrons. The van der Waals surface area contributed by atoms with Crippen molar-refractivity contribution < 1.29 is 14.0 Å². The number of rotatable bonds is 4. The molecule has 0 saturated heterocycles. The minimum absolute atomic E-state index is 0.0372. The molecule has 0 aliphatic rings. The van der Waals surface area contributed by atoms with E-state index in [1.807, 2.05) is 37.3 Å². The zero-order valence-electron chi connectivity index (χ0n) is 14.1. The number of hydrogen-bond acceptors (Lipinski definition) is 4. The normalized spacial score (nSPS) is 11.8. The van der Waals surface area contributed by atoms with Gasteiger partial charge in [0.15, 0.2) is 17.5 Å². The number of carbonyl (C=O) groups excluding carboxylic acids is 2. The second-order valence-electron chi connectivity index (χ2n) is 5.69. The Morgan fingerprint density at radius 2 is 1.88 bits per heavy atom. The van der Waals surface area contributed by atoms with Crippen molar-refractivity contribution in [3.63, 3.8) is 0 Å². The highest BCUT2D eigenvalue weighted by Gasteiger charge is 2.17. The number of benzene rings is 1. The third-order valence-electron chi connectivity index (χ3n) is 3.73. The topological polar surface area (TPSA) is 112 Å².